The van der Waals surface area contributed by atoms with Gasteiger partial charge in [-0.3, -0.25) is 4.68 Å². The fraction of sp³-hybridized carbons (Fsp3) is 0.800. The highest BCUT2D eigenvalue weighted by Gasteiger charge is 2.07. The number of aryl methyl sites for hydroxylation is 1. The summed E-state index contributed by atoms with van der Waals surface area (Å²) < 4.78 is 2.11. The topological polar surface area (TPSA) is 29.9 Å². The number of hydrogen-bond donors (Lipinski definition) is 1. The van der Waals surface area contributed by atoms with Crippen molar-refractivity contribution in [3.63, 3.8) is 0 Å². The standard InChI is InChI=1S/C15H29N3/c1-6-7-13(4)10-18-11-15(14(5)17-18)9-16-8-12(2)3/h11-13,16H,6-10H2,1-5H3. The zero-order chi connectivity index (χ0) is 13.5. The molecule has 0 aliphatic carbocycles. The molecule has 0 bridgehead atoms. The Morgan fingerprint density at radius 2 is 2.06 bits per heavy atom. The van der Waals surface area contributed by atoms with Gasteiger partial charge in [0.2, 0.25) is 0 Å². The van der Waals surface area contributed by atoms with Gasteiger partial charge in [0.25, 0.3) is 0 Å². The van der Waals surface area contributed by atoms with Crippen molar-refractivity contribution >= 4 is 0 Å². The van der Waals surface area contributed by atoms with Crippen LogP contribution in [0.5, 0.6) is 0 Å². The highest BCUT2D eigenvalue weighted by Crippen LogP contribution is 2.11. The molecule has 1 aromatic heterocycles. The monoisotopic (exact) mass is 251 g/mol. The van der Waals surface area contributed by atoms with Gasteiger partial charge >= 0.3 is 0 Å². The van der Waals surface area contributed by atoms with Crippen LogP contribution in [0.3, 0.4) is 0 Å². The first-order valence-electron chi connectivity index (χ1n) is 7.26. The van der Waals surface area contributed by atoms with Crippen LogP contribution < -0.4 is 5.32 Å². The van der Waals surface area contributed by atoms with Crippen molar-refractivity contribution in [2.45, 2.75) is 60.5 Å². The molecule has 3 nitrogen and oxygen atoms in total. The first-order chi connectivity index (χ1) is 8.52. The van der Waals surface area contributed by atoms with Crippen LogP contribution in [0.25, 0.3) is 0 Å². The summed E-state index contributed by atoms with van der Waals surface area (Å²) in [6, 6.07) is 0. The van der Waals surface area contributed by atoms with E-state index >= 15 is 0 Å². The van der Waals surface area contributed by atoms with Crippen LogP contribution in [0, 0.1) is 18.8 Å². The van der Waals surface area contributed by atoms with Crippen LogP contribution >= 0.6 is 0 Å². The molecule has 1 unspecified atom stereocenters. The van der Waals surface area contributed by atoms with Gasteiger partial charge in [-0.15, -0.1) is 0 Å². The molecule has 104 valence electrons. The maximum absolute atomic E-state index is 4.61. The molecule has 1 N–H and O–H groups in total. The molecular weight excluding hydrogens is 222 g/mol. The van der Waals surface area contributed by atoms with Crippen molar-refractivity contribution < 1.29 is 0 Å². The molecule has 1 heterocycles. The van der Waals surface area contributed by atoms with Crippen molar-refractivity contribution in [3.05, 3.63) is 17.5 Å². The number of aromatic nitrogens is 2. The van der Waals surface area contributed by atoms with Gasteiger partial charge in [0.15, 0.2) is 0 Å². The van der Waals surface area contributed by atoms with Crippen molar-refractivity contribution in [2.24, 2.45) is 11.8 Å². The second kappa shape index (κ2) is 7.57. The minimum atomic E-state index is 0.699. The lowest BCUT2D eigenvalue weighted by Crippen LogP contribution is -2.19. The Labute approximate surface area is 112 Å². The van der Waals surface area contributed by atoms with Crippen LogP contribution in [0.4, 0.5) is 0 Å². The van der Waals surface area contributed by atoms with E-state index in [-0.39, 0.29) is 0 Å². The summed E-state index contributed by atoms with van der Waals surface area (Å²) in [6.07, 6.45) is 4.73. The van der Waals surface area contributed by atoms with Gasteiger partial charge in [-0.2, -0.15) is 5.10 Å². The van der Waals surface area contributed by atoms with E-state index in [4.69, 9.17) is 0 Å². The largest absolute Gasteiger partial charge is 0.312 e. The first-order valence-corrected chi connectivity index (χ1v) is 7.26. The average molecular weight is 251 g/mol. The summed E-state index contributed by atoms with van der Waals surface area (Å²) in [7, 11) is 0. The van der Waals surface area contributed by atoms with Crippen LogP contribution in [-0.2, 0) is 13.1 Å². The van der Waals surface area contributed by atoms with Crippen LogP contribution in [0.2, 0.25) is 0 Å². The zero-order valence-electron chi connectivity index (χ0n) is 12.7. The summed E-state index contributed by atoms with van der Waals surface area (Å²) in [5.74, 6) is 1.41. The predicted molar refractivity (Wildman–Crippen MR) is 77.6 cm³/mol. The first kappa shape index (κ1) is 15.2. The minimum absolute atomic E-state index is 0.699. The highest BCUT2D eigenvalue weighted by atomic mass is 15.3. The van der Waals surface area contributed by atoms with Crippen molar-refractivity contribution in [3.8, 4) is 0 Å². The molecule has 1 rings (SSSR count). The van der Waals surface area contributed by atoms with Gasteiger partial charge in [0, 0.05) is 24.8 Å². The Balaban J connectivity index is 2.48. The van der Waals surface area contributed by atoms with Gasteiger partial charge in [-0.1, -0.05) is 34.1 Å². The van der Waals surface area contributed by atoms with E-state index in [9.17, 15) is 0 Å². The van der Waals surface area contributed by atoms with E-state index in [0.717, 1.165) is 25.3 Å². The van der Waals surface area contributed by atoms with E-state index < -0.39 is 0 Å². The fourth-order valence-electron chi connectivity index (χ4n) is 2.23. The molecular formula is C15H29N3. The molecule has 0 spiro atoms. The van der Waals surface area contributed by atoms with Crippen molar-refractivity contribution in [1.82, 2.24) is 15.1 Å². The molecule has 0 aromatic carbocycles. The Hall–Kier alpha value is -0.830. The maximum atomic E-state index is 4.61. The lowest BCUT2D eigenvalue weighted by Gasteiger charge is -2.09. The molecule has 0 aliphatic heterocycles. The lowest BCUT2D eigenvalue weighted by molar-refractivity contribution is 0.419. The summed E-state index contributed by atoms with van der Waals surface area (Å²) in [4.78, 5) is 0. The Kier molecular flexibility index (Phi) is 6.41. The maximum Gasteiger partial charge on any atom is 0.0638 e. The van der Waals surface area contributed by atoms with E-state index in [1.807, 2.05) is 0 Å². The Bertz CT molecular complexity index is 342. The van der Waals surface area contributed by atoms with Gasteiger partial charge < -0.3 is 5.32 Å². The summed E-state index contributed by atoms with van der Waals surface area (Å²) in [5.41, 5.74) is 2.49. The molecule has 0 saturated heterocycles. The zero-order valence-corrected chi connectivity index (χ0v) is 12.7. The molecule has 1 aromatic rings. The Morgan fingerprint density at radius 1 is 1.33 bits per heavy atom. The highest BCUT2D eigenvalue weighted by molar-refractivity contribution is 5.15. The Morgan fingerprint density at radius 3 is 2.67 bits per heavy atom. The van der Waals surface area contributed by atoms with Gasteiger partial charge in [0.05, 0.1) is 5.69 Å². The number of nitrogens with one attached hydrogen (secondary N) is 1. The van der Waals surface area contributed by atoms with Gasteiger partial charge in [-0.25, -0.2) is 0 Å². The third-order valence-corrected chi connectivity index (χ3v) is 3.20. The summed E-state index contributed by atoms with van der Waals surface area (Å²) in [5, 5.41) is 8.09. The minimum Gasteiger partial charge on any atom is -0.312 e. The summed E-state index contributed by atoms with van der Waals surface area (Å²) >= 11 is 0. The fourth-order valence-corrected chi connectivity index (χ4v) is 2.23. The third kappa shape index (κ3) is 5.21. The normalized spacial score (nSPS) is 13.2. The molecule has 0 radical (unpaired) electrons. The molecule has 0 amide bonds. The van der Waals surface area contributed by atoms with Gasteiger partial charge in [0.1, 0.15) is 0 Å². The van der Waals surface area contributed by atoms with Crippen LogP contribution in [0.1, 0.15) is 51.8 Å². The van der Waals surface area contributed by atoms with Crippen molar-refractivity contribution in [2.75, 3.05) is 6.54 Å². The molecule has 18 heavy (non-hydrogen) atoms. The summed E-state index contributed by atoms with van der Waals surface area (Å²) in [6.45, 7) is 14.2. The van der Waals surface area contributed by atoms with Crippen LogP contribution in [0.15, 0.2) is 6.20 Å². The smallest absolute Gasteiger partial charge is 0.0638 e. The third-order valence-electron chi connectivity index (χ3n) is 3.20. The van der Waals surface area contributed by atoms with E-state index in [0.29, 0.717) is 11.8 Å². The molecule has 1 atom stereocenters. The van der Waals surface area contributed by atoms with E-state index in [1.54, 1.807) is 0 Å². The molecule has 0 fully saturated rings. The van der Waals surface area contributed by atoms with Crippen LogP contribution in [-0.4, -0.2) is 16.3 Å². The number of nitrogens with zero attached hydrogens (tertiary/aromatic N) is 2. The molecule has 0 aliphatic rings. The van der Waals surface area contributed by atoms with Gasteiger partial charge in [-0.05, 0) is 31.7 Å². The van der Waals surface area contributed by atoms with E-state index in [1.165, 1.54) is 18.4 Å². The molecule has 3 heteroatoms. The van der Waals surface area contributed by atoms with E-state index in [2.05, 4.69) is 55.9 Å². The van der Waals surface area contributed by atoms with Crippen molar-refractivity contribution in [1.29, 1.82) is 0 Å². The average Bonchev–Trinajstić information content (AvgIpc) is 2.59. The quantitative estimate of drug-likeness (QED) is 0.767. The second-order valence-corrected chi connectivity index (χ2v) is 5.88. The second-order valence-electron chi connectivity index (χ2n) is 5.88. The lowest BCUT2D eigenvalue weighted by atomic mass is 10.1. The number of rotatable bonds is 8. The molecule has 0 saturated carbocycles. The number of hydrogen-bond acceptors (Lipinski definition) is 2. The predicted octanol–water partition coefficient (Wildman–Crippen LogP) is 3.37. The SMILES string of the molecule is CCCC(C)Cn1cc(CNCC(C)C)c(C)n1.